The molecule has 8 heteroatoms. The summed E-state index contributed by atoms with van der Waals surface area (Å²) in [5.74, 6) is 1.65. The van der Waals surface area contributed by atoms with Gasteiger partial charge in [0.2, 0.25) is 0 Å². The Labute approximate surface area is 176 Å². The molecule has 30 heavy (non-hydrogen) atoms. The average Bonchev–Trinajstić information content (AvgIpc) is 3.36. The van der Waals surface area contributed by atoms with E-state index < -0.39 is 0 Å². The number of carbonyl (C=O) groups is 1. The normalized spacial score (nSPS) is 15.3. The molecule has 1 N–H and O–H groups in total. The molecule has 1 fully saturated rings. The lowest BCUT2D eigenvalue weighted by molar-refractivity contribution is 0.0927. The van der Waals surface area contributed by atoms with Gasteiger partial charge in [0.05, 0.1) is 23.0 Å². The van der Waals surface area contributed by atoms with Crippen LogP contribution >= 0.6 is 0 Å². The molecule has 3 aromatic heterocycles. The van der Waals surface area contributed by atoms with Gasteiger partial charge in [0.1, 0.15) is 0 Å². The van der Waals surface area contributed by atoms with E-state index in [1.165, 1.54) is 19.3 Å². The first-order valence-corrected chi connectivity index (χ1v) is 10.5. The number of hydrogen-bond acceptors (Lipinski definition) is 6. The highest BCUT2D eigenvalue weighted by atomic mass is 16.5. The summed E-state index contributed by atoms with van der Waals surface area (Å²) in [4.78, 5) is 21.6. The molecule has 1 aliphatic rings. The van der Waals surface area contributed by atoms with Crippen LogP contribution in [0, 0.1) is 6.92 Å². The van der Waals surface area contributed by atoms with Gasteiger partial charge in [-0.2, -0.15) is 10.1 Å². The fraction of sp³-hybridized carbons (Fsp3) is 0.500. The molecule has 0 aliphatic heterocycles. The Bertz CT molecular complexity index is 1020. The van der Waals surface area contributed by atoms with Crippen LogP contribution in [0.5, 0.6) is 0 Å². The van der Waals surface area contributed by atoms with Crippen molar-refractivity contribution in [3.8, 4) is 17.3 Å². The standard InChI is InChI=1S/C22H28N6O2/c1-14-17(19(29)25-16-8-6-5-7-9-16)13-24-28(14)18-11-10-15(12-23-18)20-26-21(27-30-20)22(2,3)4/h10-13,16H,5-9H2,1-4H3,(H,25,29). The maximum absolute atomic E-state index is 12.7. The van der Waals surface area contributed by atoms with Crippen molar-refractivity contribution in [1.82, 2.24) is 30.2 Å². The van der Waals surface area contributed by atoms with Gasteiger partial charge in [0.25, 0.3) is 11.8 Å². The average molecular weight is 409 g/mol. The van der Waals surface area contributed by atoms with Crippen molar-refractivity contribution in [1.29, 1.82) is 0 Å². The minimum Gasteiger partial charge on any atom is -0.349 e. The quantitative estimate of drug-likeness (QED) is 0.701. The molecule has 0 radical (unpaired) electrons. The van der Waals surface area contributed by atoms with Crippen LogP contribution in [0.1, 0.15) is 74.8 Å². The third-order valence-electron chi connectivity index (χ3n) is 5.50. The van der Waals surface area contributed by atoms with Crippen LogP contribution in [-0.4, -0.2) is 36.9 Å². The third-order valence-corrected chi connectivity index (χ3v) is 5.50. The molecule has 1 saturated carbocycles. The third kappa shape index (κ3) is 4.13. The Hall–Kier alpha value is -3.03. The molecule has 0 bridgehead atoms. The van der Waals surface area contributed by atoms with E-state index in [0.717, 1.165) is 24.1 Å². The largest absolute Gasteiger partial charge is 0.349 e. The SMILES string of the molecule is Cc1c(C(=O)NC2CCCCC2)cnn1-c1ccc(-c2nc(C(C)(C)C)no2)cn1. The van der Waals surface area contributed by atoms with Gasteiger partial charge in [0, 0.05) is 17.7 Å². The highest BCUT2D eigenvalue weighted by Crippen LogP contribution is 2.24. The number of rotatable bonds is 4. The van der Waals surface area contributed by atoms with E-state index in [1.807, 2.05) is 39.8 Å². The van der Waals surface area contributed by atoms with E-state index in [0.29, 0.717) is 23.1 Å². The molecule has 0 atom stereocenters. The van der Waals surface area contributed by atoms with Crippen molar-refractivity contribution in [2.75, 3.05) is 0 Å². The Morgan fingerprint density at radius 1 is 1.17 bits per heavy atom. The first kappa shape index (κ1) is 20.3. The summed E-state index contributed by atoms with van der Waals surface area (Å²) < 4.78 is 7.05. The summed E-state index contributed by atoms with van der Waals surface area (Å²) in [5.41, 5.74) is 1.90. The van der Waals surface area contributed by atoms with Gasteiger partial charge in [-0.1, -0.05) is 45.2 Å². The summed E-state index contributed by atoms with van der Waals surface area (Å²) in [6.07, 6.45) is 9.00. The predicted molar refractivity (Wildman–Crippen MR) is 112 cm³/mol. The van der Waals surface area contributed by atoms with Gasteiger partial charge in [-0.05, 0) is 31.9 Å². The van der Waals surface area contributed by atoms with Crippen molar-refractivity contribution >= 4 is 5.91 Å². The summed E-state index contributed by atoms with van der Waals surface area (Å²) in [6.45, 7) is 7.98. The molecule has 0 aromatic carbocycles. The topological polar surface area (TPSA) is 98.7 Å². The van der Waals surface area contributed by atoms with E-state index in [-0.39, 0.29) is 17.4 Å². The Morgan fingerprint density at radius 2 is 1.93 bits per heavy atom. The van der Waals surface area contributed by atoms with Gasteiger partial charge in [-0.25, -0.2) is 9.67 Å². The molecule has 158 valence electrons. The number of aromatic nitrogens is 5. The zero-order valence-corrected chi connectivity index (χ0v) is 18.0. The molecule has 3 aromatic rings. The minimum absolute atomic E-state index is 0.0668. The number of hydrogen-bond donors (Lipinski definition) is 1. The van der Waals surface area contributed by atoms with Crippen LogP contribution in [-0.2, 0) is 5.41 Å². The monoisotopic (exact) mass is 408 g/mol. The van der Waals surface area contributed by atoms with E-state index in [1.54, 1.807) is 17.1 Å². The fourth-order valence-corrected chi connectivity index (χ4v) is 3.66. The van der Waals surface area contributed by atoms with Crippen molar-refractivity contribution < 1.29 is 9.32 Å². The number of carbonyl (C=O) groups excluding carboxylic acids is 1. The minimum atomic E-state index is -0.185. The zero-order valence-electron chi connectivity index (χ0n) is 18.0. The summed E-state index contributed by atoms with van der Waals surface area (Å²) >= 11 is 0. The molecule has 3 heterocycles. The lowest BCUT2D eigenvalue weighted by Gasteiger charge is -2.22. The van der Waals surface area contributed by atoms with Crippen LogP contribution in [0.3, 0.4) is 0 Å². The Morgan fingerprint density at radius 3 is 2.57 bits per heavy atom. The Kier molecular flexibility index (Phi) is 5.40. The zero-order chi connectivity index (χ0) is 21.3. The lowest BCUT2D eigenvalue weighted by Crippen LogP contribution is -2.36. The summed E-state index contributed by atoms with van der Waals surface area (Å²) in [7, 11) is 0. The van der Waals surface area contributed by atoms with Gasteiger partial charge >= 0.3 is 0 Å². The number of nitrogens with zero attached hydrogens (tertiary/aromatic N) is 5. The maximum atomic E-state index is 12.7. The molecular weight excluding hydrogens is 380 g/mol. The van der Waals surface area contributed by atoms with Gasteiger partial charge < -0.3 is 9.84 Å². The molecule has 0 spiro atoms. The second kappa shape index (κ2) is 8.01. The second-order valence-corrected chi connectivity index (χ2v) is 8.94. The van der Waals surface area contributed by atoms with Crippen molar-refractivity contribution in [3.63, 3.8) is 0 Å². The molecule has 0 unspecified atom stereocenters. The number of pyridine rings is 1. The van der Waals surface area contributed by atoms with Crippen molar-refractivity contribution in [2.24, 2.45) is 0 Å². The fourth-order valence-electron chi connectivity index (χ4n) is 3.66. The molecule has 0 saturated heterocycles. The number of amides is 1. The highest BCUT2D eigenvalue weighted by Gasteiger charge is 2.23. The lowest BCUT2D eigenvalue weighted by atomic mass is 9.95. The molecule has 1 aliphatic carbocycles. The van der Waals surface area contributed by atoms with E-state index in [2.05, 4.69) is 25.5 Å². The molecular formula is C22H28N6O2. The van der Waals surface area contributed by atoms with Gasteiger partial charge in [0.15, 0.2) is 11.6 Å². The molecule has 1 amide bonds. The van der Waals surface area contributed by atoms with Crippen LogP contribution in [0.2, 0.25) is 0 Å². The van der Waals surface area contributed by atoms with Crippen LogP contribution in [0.15, 0.2) is 29.0 Å². The molecule has 8 nitrogen and oxygen atoms in total. The van der Waals surface area contributed by atoms with Gasteiger partial charge in [-0.3, -0.25) is 4.79 Å². The summed E-state index contributed by atoms with van der Waals surface area (Å²) in [6, 6.07) is 3.96. The Balaban J connectivity index is 1.51. The van der Waals surface area contributed by atoms with E-state index in [4.69, 9.17) is 4.52 Å². The summed E-state index contributed by atoms with van der Waals surface area (Å²) in [5, 5.41) is 11.6. The maximum Gasteiger partial charge on any atom is 0.259 e. The first-order valence-electron chi connectivity index (χ1n) is 10.5. The predicted octanol–water partition coefficient (Wildman–Crippen LogP) is 3.99. The van der Waals surface area contributed by atoms with E-state index >= 15 is 0 Å². The number of nitrogens with one attached hydrogen (secondary N) is 1. The highest BCUT2D eigenvalue weighted by molar-refractivity contribution is 5.95. The second-order valence-electron chi connectivity index (χ2n) is 8.94. The first-order chi connectivity index (χ1) is 14.3. The van der Waals surface area contributed by atoms with E-state index in [9.17, 15) is 4.79 Å². The van der Waals surface area contributed by atoms with Crippen LogP contribution in [0.4, 0.5) is 0 Å². The van der Waals surface area contributed by atoms with Crippen molar-refractivity contribution in [2.45, 2.75) is 71.3 Å². The smallest absolute Gasteiger partial charge is 0.259 e. The van der Waals surface area contributed by atoms with Crippen LogP contribution in [0.25, 0.3) is 17.3 Å². The van der Waals surface area contributed by atoms with Gasteiger partial charge in [-0.15, -0.1) is 0 Å². The van der Waals surface area contributed by atoms with Crippen LogP contribution < -0.4 is 5.32 Å². The van der Waals surface area contributed by atoms with Crippen molar-refractivity contribution in [3.05, 3.63) is 41.6 Å². The molecule has 4 rings (SSSR count).